The molecule has 1 aliphatic heterocycles. The van der Waals surface area contributed by atoms with Crippen molar-refractivity contribution < 1.29 is 32.2 Å². The molecule has 0 radical (unpaired) electrons. The van der Waals surface area contributed by atoms with Gasteiger partial charge in [0.1, 0.15) is 5.75 Å². The Hall–Kier alpha value is -3.29. The van der Waals surface area contributed by atoms with Gasteiger partial charge in [0.05, 0.1) is 0 Å². The maximum Gasteiger partial charge on any atom is 0.573 e. The number of carbonyl (C=O) groups excluding carboxylic acids is 2. The molecule has 0 aliphatic carbocycles. The van der Waals surface area contributed by atoms with Gasteiger partial charge in [-0.2, -0.15) is 0 Å². The van der Waals surface area contributed by atoms with Gasteiger partial charge >= 0.3 is 12.5 Å². The van der Waals surface area contributed by atoms with Crippen molar-refractivity contribution in [2.45, 2.75) is 6.36 Å². The molecule has 2 aromatic carbocycles. The van der Waals surface area contributed by atoms with Crippen LogP contribution in [0.25, 0.3) is 17.2 Å². The summed E-state index contributed by atoms with van der Waals surface area (Å²) in [5.41, 5.74) is 1.14. The van der Waals surface area contributed by atoms with E-state index in [4.69, 9.17) is 4.74 Å². The van der Waals surface area contributed by atoms with E-state index < -0.39 is 18.4 Å². The van der Waals surface area contributed by atoms with Crippen LogP contribution >= 0.6 is 0 Å². The van der Waals surface area contributed by atoms with Crippen LogP contribution in [-0.4, -0.2) is 18.4 Å². The smallest absolute Gasteiger partial charge is 0.405 e. The highest BCUT2D eigenvalue weighted by atomic mass is 19.4. The predicted octanol–water partition coefficient (Wildman–Crippen LogP) is 3.86. The Balaban J connectivity index is 1.97. The highest BCUT2D eigenvalue weighted by Crippen LogP contribution is 2.34. The van der Waals surface area contributed by atoms with Gasteiger partial charge in [-0.25, -0.2) is 4.79 Å². The molecular weight excluding hydrogens is 339 g/mol. The number of alkyl carbamates (subject to hydrolysis) is 1. The van der Waals surface area contributed by atoms with Gasteiger partial charge in [0.2, 0.25) is 0 Å². The quantitative estimate of drug-likeness (QED) is 0.855. The summed E-state index contributed by atoms with van der Waals surface area (Å²) in [5, 5.41) is 1.95. The average Bonchev–Trinajstić information content (AvgIpc) is 2.84. The molecule has 1 saturated heterocycles. The number of hydrogen-bond acceptors (Lipinski definition) is 4. The minimum atomic E-state index is -4.81. The fourth-order valence-corrected chi connectivity index (χ4v) is 2.29. The number of para-hydroxylation sites is 1. The molecule has 0 saturated carbocycles. The molecule has 1 aliphatic rings. The van der Waals surface area contributed by atoms with Gasteiger partial charge in [0, 0.05) is 5.56 Å². The lowest BCUT2D eigenvalue weighted by molar-refractivity contribution is -0.274. The second-order valence-electron chi connectivity index (χ2n) is 5.02. The normalized spacial score (nSPS) is 15.9. The number of carbonyl (C=O) groups is 2. The molecule has 0 spiro atoms. The van der Waals surface area contributed by atoms with Gasteiger partial charge in [0.15, 0.2) is 5.76 Å². The second-order valence-corrected chi connectivity index (χ2v) is 5.02. The Morgan fingerprint density at radius 2 is 1.80 bits per heavy atom. The number of imide groups is 1. The van der Waals surface area contributed by atoms with E-state index in [1.54, 1.807) is 30.3 Å². The van der Waals surface area contributed by atoms with Gasteiger partial charge in [-0.05, 0) is 29.3 Å². The van der Waals surface area contributed by atoms with E-state index in [0.717, 1.165) is 0 Å². The first kappa shape index (κ1) is 16.6. The second kappa shape index (κ2) is 6.31. The molecule has 0 aromatic heterocycles. The Labute approximate surface area is 139 Å². The molecule has 25 heavy (non-hydrogen) atoms. The molecule has 1 heterocycles. The predicted molar refractivity (Wildman–Crippen MR) is 81.2 cm³/mol. The van der Waals surface area contributed by atoms with Crippen molar-refractivity contribution in [2.24, 2.45) is 0 Å². The fraction of sp³-hybridized carbons (Fsp3) is 0.0588. The molecule has 1 fully saturated rings. The number of benzene rings is 2. The third kappa shape index (κ3) is 3.97. The summed E-state index contributed by atoms with van der Waals surface area (Å²) in [7, 11) is 0. The van der Waals surface area contributed by atoms with Crippen LogP contribution < -0.4 is 10.1 Å². The lowest BCUT2D eigenvalue weighted by Gasteiger charge is -2.13. The van der Waals surface area contributed by atoms with Crippen LogP contribution in [0.1, 0.15) is 5.56 Å². The summed E-state index contributed by atoms with van der Waals surface area (Å²) in [4.78, 5) is 22.5. The van der Waals surface area contributed by atoms with Gasteiger partial charge in [-0.15, -0.1) is 13.2 Å². The zero-order valence-electron chi connectivity index (χ0n) is 12.5. The first-order valence-corrected chi connectivity index (χ1v) is 7.02. The van der Waals surface area contributed by atoms with Crippen molar-refractivity contribution in [3.8, 4) is 16.9 Å². The lowest BCUT2D eigenvalue weighted by Crippen LogP contribution is -2.18. The van der Waals surface area contributed by atoms with Crippen molar-refractivity contribution in [2.75, 3.05) is 0 Å². The van der Waals surface area contributed by atoms with E-state index in [-0.39, 0.29) is 17.1 Å². The number of alkyl halides is 3. The van der Waals surface area contributed by atoms with Crippen LogP contribution in [0.5, 0.6) is 5.75 Å². The highest BCUT2D eigenvalue weighted by molar-refractivity contribution is 6.09. The molecule has 5 nitrogen and oxygen atoms in total. The monoisotopic (exact) mass is 349 g/mol. The molecule has 2 amide bonds. The molecule has 2 aromatic rings. The minimum absolute atomic E-state index is 0.193. The van der Waals surface area contributed by atoms with Gasteiger partial charge < -0.3 is 9.47 Å². The van der Waals surface area contributed by atoms with E-state index >= 15 is 0 Å². The zero-order valence-corrected chi connectivity index (χ0v) is 12.5. The van der Waals surface area contributed by atoms with E-state index in [0.29, 0.717) is 11.1 Å². The summed E-state index contributed by atoms with van der Waals surface area (Å²) in [6.07, 6.45) is -4.38. The van der Waals surface area contributed by atoms with Crippen molar-refractivity contribution in [3.63, 3.8) is 0 Å². The van der Waals surface area contributed by atoms with Crippen molar-refractivity contribution >= 4 is 18.1 Å². The van der Waals surface area contributed by atoms with Gasteiger partial charge in [-0.3, -0.25) is 10.1 Å². The van der Waals surface area contributed by atoms with E-state index in [1.165, 1.54) is 24.3 Å². The summed E-state index contributed by atoms with van der Waals surface area (Å²) < 4.78 is 46.4. The summed E-state index contributed by atoms with van der Waals surface area (Å²) in [6.45, 7) is 0. The number of halogens is 3. The molecule has 0 atom stereocenters. The van der Waals surface area contributed by atoms with E-state index in [1.807, 2.05) is 5.32 Å². The number of nitrogens with one attached hydrogen (secondary N) is 1. The number of ether oxygens (including phenoxy) is 2. The molecule has 128 valence electrons. The summed E-state index contributed by atoms with van der Waals surface area (Å²) >= 11 is 0. The zero-order chi connectivity index (χ0) is 18.0. The van der Waals surface area contributed by atoms with Crippen molar-refractivity contribution in [1.82, 2.24) is 5.32 Å². The third-order valence-electron chi connectivity index (χ3n) is 3.25. The van der Waals surface area contributed by atoms with Crippen LogP contribution in [0.4, 0.5) is 18.0 Å². The Morgan fingerprint density at radius 3 is 2.48 bits per heavy atom. The van der Waals surface area contributed by atoms with Gasteiger partial charge in [-0.1, -0.05) is 36.4 Å². The first-order valence-electron chi connectivity index (χ1n) is 7.02. The van der Waals surface area contributed by atoms with E-state index in [9.17, 15) is 22.8 Å². The van der Waals surface area contributed by atoms with Crippen LogP contribution in [0.15, 0.2) is 54.3 Å². The minimum Gasteiger partial charge on any atom is -0.405 e. The van der Waals surface area contributed by atoms with E-state index in [2.05, 4.69) is 4.74 Å². The van der Waals surface area contributed by atoms with Crippen LogP contribution in [0, 0.1) is 0 Å². The fourth-order valence-electron chi connectivity index (χ4n) is 2.29. The Bertz CT molecular complexity index is 874. The van der Waals surface area contributed by atoms with Crippen LogP contribution in [-0.2, 0) is 9.53 Å². The number of hydrogen-bond donors (Lipinski definition) is 1. The number of rotatable bonds is 3. The highest BCUT2D eigenvalue weighted by Gasteiger charge is 2.32. The largest absolute Gasteiger partial charge is 0.573 e. The third-order valence-corrected chi connectivity index (χ3v) is 3.25. The standard InChI is InChI=1S/C17H10F3NO4/c18-17(19,20)25-13-7-2-1-6-12(13)11-5-3-4-10(8-11)9-14-15(22)21-16(23)24-14/h1-9H,(H,21,22,23)/b14-9-. The molecular formula is C17H10F3NO4. The molecule has 3 rings (SSSR count). The number of cyclic esters (lactones) is 1. The number of amides is 2. The molecule has 0 unspecified atom stereocenters. The first-order chi connectivity index (χ1) is 11.8. The average molecular weight is 349 g/mol. The van der Waals surface area contributed by atoms with Crippen molar-refractivity contribution in [1.29, 1.82) is 0 Å². The van der Waals surface area contributed by atoms with Gasteiger partial charge in [0.25, 0.3) is 5.91 Å². The SMILES string of the molecule is O=C1NC(=O)/C(=C/c2cccc(-c3ccccc3OC(F)(F)F)c2)O1. The van der Waals surface area contributed by atoms with Crippen molar-refractivity contribution in [3.05, 3.63) is 59.9 Å². The van der Waals surface area contributed by atoms with Crippen LogP contribution in [0.2, 0.25) is 0 Å². The topological polar surface area (TPSA) is 64.6 Å². The lowest BCUT2D eigenvalue weighted by atomic mass is 10.0. The Kier molecular flexibility index (Phi) is 4.18. The summed E-state index contributed by atoms with van der Waals surface area (Å²) in [6, 6.07) is 12.1. The summed E-state index contributed by atoms with van der Waals surface area (Å²) in [5.74, 6) is -1.22. The molecule has 0 bridgehead atoms. The Morgan fingerprint density at radius 1 is 1.04 bits per heavy atom. The maximum atomic E-state index is 12.5. The maximum absolute atomic E-state index is 12.5. The molecule has 1 N–H and O–H groups in total. The van der Waals surface area contributed by atoms with Crippen LogP contribution in [0.3, 0.4) is 0 Å². The molecule has 8 heteroatoms.